The number of piperidine rings is 1. The van der Waals surface area contributed by atoms with E-state index in [0.717, 1.165) is 37.2 Å². The highest BCUT2D eigenvalue weighted by molar-refractivity contribution is 6.30. The molecule has 130 valence electrons. The third-order valence-corrected chi connectivity index (χ3v) is 4.76. The van der Waals surface area contributed by atoms with Gasteiger partial charge in [0.05, 0.1) is 11.9 Å². The minimum atomic E-state index is -0.0162. The van der Waals surface area contributed by atoms with Crippen LogP contribution in [0.4, 0.5) is 5.69 Å². The van der Waals surface area contributed by atoms with Gasteiger partial charge in [-0.15, -0.1) is 0 Å². The van der Waals surface area contributed by atoms with Gasteiger partial charge in [-0.3, -0.25) is 9.78 Å². The maximum Gasteiger partial charge on any atom is 0.251 e. The second-order valence-corrected chi connectivity index (χ2v) is 6.78. The zero-order chi connectivity index (χ0) is 17.6. The van der Waals surface area contributed by atoms with Crippen molar-refractivity contribution in [2.75, 3.05) is 25.0 Å². The normalized spacial score (nSPS) is 16.2. The SMILES string of the molecule is CN1CCC(N(C(=O)/C=C/c2ccc(Cl)cc2)c2cccnc2)CC1. The summed E-state index contributed by atoms with van der Waals surface area (Å²) in [7, 11) is 2.12. The first kappa shape index (κ1) is 17.6. The van der Waals surface area contributed by atoms with Crippen molar-refractivity contribution in [3.63, 3.8) is 0 Å². The highest BCUT2D eigenvalue weighted by Crippen LogP contribution is 2.23. The Morgan fingerprint density at radius 3 is 2.60 bits per heavy atom. The van der Waals surface area contributed by atoms with E-state index in [2.05, 4.69) is 16.9 Å². The Hall–Kier alpha value is -2.17. The van der Waals surface area contributed by atoms with Crippen LogP contribution in [0.15, 0.2) is 54.9 Å². The predicted octanol–water partition coefficient (Wildman–Crippen LogP) is 3.88. The number of hydrogen-bond donors (Lipinski definition) is 0. The Morgan fingerprint density at radius 2 is 1.96 bits per heavy atom. The Morgan fingerprint density at radius 1 is 1.24 bits per heavy atom. The minimum absolute atomic E-state index is 0.0162. The monoisotopic (exact) mass is 355 g/mol. The van der Waals surface area contributed by atoms with Crippen LogP contribution >= 0.6 is 11.6 Å². The number of nitrogens with zero attached hydrogens (tertiary/aromatic N) is 3. The molecule has 0 aliphatic carbocycles. The van der Waals surface area contributed by atoms with E-state index in [-0.39, 0.29) is 11.9 Å². The van der Waals surface area contributed by atoms with Crippen molar-refractivity contribution in [3.05, 3.63) is 65.5 Å². The molecule has 1 aromatic carbocycles. The summed E-state index contributed by atoms with van der Waals surface area (Å²) in [5.41, 5.74) is 1.80. The average Bonchev–Trinajstić information content (AvgIpc) is 2.64. The van der Waals surface area contributed by atoms with Crippen molar-refractivity contribution in [1.29, 1.82) is 0 Å². The van der Waals surface area contributed by atoms with Crippen molar-refractivity contribution in [3.8, 4) is 0 Å². The first-order valence-corrected chi connectivity index (χ1v) is 8.87. The summed E-state index contributed by atoms with van der Waals surface area (Å²) in [5, 5.41) is 0.687. The number of likely N-dealkylation sites (tertiary alicyclic amines) is 1. The Balaban J connectivity index is 1.80. The number of carbonyl (C=O) groups is 1. The molecule has 3 rings (SSSR count). The lowest BCUT2D eigenvalue weighted by Gasteiger charge is -2.36. The maximum atomic E-state index is 12.9. The van der Waals surface area contributed by atoms with Crippen molar-refractivity contribution in [2.45, 2.75) is 18.9 Å². The molecule has 1 aliphatic rings. The van der Waals surface area contributed by atoms with Gasteiger partial charge in [-0.2, -0.15) is 0 Å². The standard InChI is InChI=1S/C20H22ClN3O/c1-23-13-10-18(11-14-23)24(19-3-2-12-22-15-19)20(25)9-6-16-4-7-17(21)8-5-16/h2-9,12,15,18H,10-11,13-14H2,1H3/b9-6+. The van der Waals surface area contributed by atoms with Crippen LogP contribution in [0.25, 0.3) is 6.08 Å². The summed E-state index contributed by atoms with van der Waals surface area (Å²) in [6.07, 6.45) is 8.88. The fourth-order valence-corrected chi connectivity index (χ4v) is 3.22. The van der Waals surface area contributed by atoms with Gasteiger partial charge in [0.25, 0.3) is 5.91 Å². The van der Waals surface area contributed by atoms with Crippen LogP contribution in [-0.2, 0) is 4.79 Å². The highest BCUT2D eigenvalue weighted by Gasteiger charge is 2.27. The largest absolute Gasteiger partial charge is 0.306 e. The van der Waals surface area contributed by atoms with Gasteiger partial charge in [0, 0.05) is 23.3 Å². The summed E-state index contributed by atoms with van der Waals surface area (Å²) >= 11 is 5.91. The van der Waals surface area contributed by atoms with E-state index >= 15 is 0 Å². The topological polar surface area (TPSA) is 36.4 Å². The molecule has 1 amide bonds. The summed E-state index contributed by atoms with van der Waals surface area (Å²) < 4.78 is 0. The van der Waals surface area contributed by atoms with Gasteiger partial charge in [0.15, 0.2) is 0 Å². The molecule has 0 bridgehead atoms. The van der Waals surface area contributed by atoms with E-state index in [4.69, 9.17) is 11.6 Å². The second-order valence-electron chi connectivity index (χ2n) is 6.34. The molecule has 25 heavy (non-hydrogen) atoms. The summed E-state index contributed by atoms with van der Waals surface area (Å²) in [6, 6.07) is 11.4. The van der Waals surface area contributed by atoms with Crippen LogP contribution in [0.5, 0.6) is 0 Å². The predicted molar refractivity (Wildman–Crippen MR) is 103 cm³/mol. The van der Waals surface area contributed by atoms with Crippen LogP contribution < -0.4 is 4.90 Å². The highest BCUT2D eigenvalue weighted by atomic mass is 35.5. The van der Waals surface area contributed by atoms with Crippen molar-refractivity contribution < 1.29 is 4.79 Å². The van der Waals surface area contributed by atoms with Gasteiger partial charge in [0.2, 0.25) is 0 Å². The fourth-order valence-electron chi connectivity index (χ4n) is 3.09. The van der Waals surface area contributed by atoms with Crippen molar-refractivity contribution in [2.24, 2.45) is 0 Å². The molecular weight excluding hydrogens is 334 g/mol. The van der Waals surface area contributed by atoms with Crippen LogP contribution in [0.1, 0.15) is 18.4 Å². The molecule has 1 aromatic heterocycles. The smallest absolute Gasteiger partial charge is 0.251 e. The molecule has 1 saturated heterocycles. The number of rotatable bonds is 4. The molecule has 5 heteroatoms. The quantitative estimate of drug-likeness (QED) is 0.781. The molecule has 0 atom stereocenters. The first-order chi connectivity index (χ1) is 12.1. The lowest BCUT2D eigenvalue weighted by molar-refractivity contribution is -0.114. The number of benzene rings is 1. The summed E-state index contributed by atoms with van der Waals surface area (Å²) in [6.45, 7) is 1.99. The fraction of sp³-hybridized carbons (Fsp3) is 0.300. The van der Waals surface area contributed by atoms with Gasteiger partial charge >= 0.3 is 0 Å². The zero-order valence-corrected chi connectivity index (χ0v) is 15.1. The van der Waals surface area contributed by atoms with Crippen molar-refractivity contribution in [1.82, 2.24) is 9.88 Å². The third-order valence-electron chi connectivity index (χ3n) is 4.50. The number of amides is 1. The minimum Gasteiger partial charge on any atom is -0.306 e. The van der Waals surface area contributed by atoms with Gasteiger partial charge in [0.1, 0.15) is 0 Å². The van der Waals surface area contributed by atoms with Gasteiger partial charge in [-0.25, -0.2) is 0 Å². The molecule has 2 heterocycles. The second kappa shape index (κ2) is 8.28. The zero-order valence-electron chi connectivity index (χ0n) is 14.3. The first-order valence-electron chi connectivity index (χ1n) is 8.49. The summed E-state index contributed by atoms with van der Waals surface area (Å²) in [5.74, 6) is -0.0162. The maximum absolute atomic E-state index is 12.9. The van der Waals surface area contributed by atoms with E-state index in [1.54, 1.807) is 18.5 Å². The number of hydrogen-bond acceptors (Lipinski definition) is 3. The molecule has 1 fully saturated rings. The van der Waals surface area contributed by atoms with Crippen molar-refractivity contribution >= 4 is 29.3 Å². The number of aromatic nitrogens is 1. The molecule has 2 aromatic rings. The number of halogens is 1. The lowest BCUT2D eigenvalue weighted by Crippen LogP contribution is -2.46. The van der Waals surface area contributed by atoms with Gasteiger partial charge in [-0.1, -0.05) is 23.7 Å². The molecule has 0 unspecified atom stereocenters. The number of anilines is 1. The number of carbonyl (C=O) groups excluding carboxylic acids is 1. The third kappa shape index (κ3) is 4.68. The van der Waals surface area contributed by atoms with Gasteiger partial charge in [-0.05, 0) is 68.9 Å². The Bertz CT molecular complexity index is 722. The molecule has 0 spiro atoms. The molecular formula is C20H22ClN3O. The summed E-state index contributed by atoms with van der Waals surface area (Å²) in [4.78, 5) is 21.3. The molecule has 0 radical (unpaired) electrons. The van der Waals surface area contributed by atoms with E-state index < -0.39 is 0 Å². The van der Waals surface area contributed by atoms with E-state index in [0.29, 0.717) is 5.02 Å². The van der Waals surface area contributed by atoms with Crippen LogP contribution in [0, 0.1) is 0 Å². The number of pyridine rings is 1. The van der Waals surface area contributed by atoms with Crippen LogP contribution in [-0.4, -0.2) is 42.0 Å². The molecule has 4 nitrogen and oxygen atoms in total. The Kier molecular flexibility index (Phi) is 5.84. The average molecular weight is 356 g/mol. The molecule has 1 aliphatic heterocycles. The van der Waals surface area contributed by atoms with E-state index in [9.17, 15) is 4.79 Å². The molecule has 0 saturated carbocycles. The van der Waals surface area contributed by atoms with Crippen LogP contribution in [0.3, 0.4) is 0 Å². The van der Waals surface area contributed by atoms with E-state index in [1.165, 1.54) is 0 Å². The van der Waals surface area contributed by atoms with Crippen LogP contribution in [0.2, 0.25) is 5.02 Å². The van der Waals surface area contributed by atoms with E-state index in [1.807, 2.05) is 47.4 Å². The Labute approximate surface area is 153 Å². The molecule has 0 N–H and O–H groups in total. The lowest BCUT2D eigenvalue weighted by atomic mass is 10.0. The van der Waals surface area contributed by atoms with Gasteiger partial charge < -0.3 is 9.80 Å².